The fourth-order valence-electron chi connectivity index (χ4n) is 1.10. The van der Waals surface area contributed by atoms with Gasteiger partial charge in [0.1, 0.15) is 0 Å². The fourth-order valence-corrected chi connectivity index (χ4v) is 1.10. The zero-order chi connectivity index (χ0) is 10.8. The van der Waals surface area contributed by atoms with Crippen LogP contribution in [0.1, 0.15) is 26.2 Å². The summed E-state index contributed by atoms with van der Waals surface area (Å²) in [5.74, 6) is 0. The molecule has 0 radical (unpaired) electrons. The first-order valence-corrected chi connectivity index (χ1v) is 5.02. The highest BCUT2D eigenvalue weighted by atomic mass is 16.5. The summed E-state index contributed by atoms with van der Waals surface area (Å²) in [4.78, 5) is 10.2. The average molecular weight is 203 g/mol. The number of primary amides is 1. The first-order chi connectivity index (χ1) is 6.66. The third-order valence-corrected chi connectivity index (χ3v) is 1.91. The van der Waals surface area contributed by atoms with Crippen molar-refractivity contribution >= 4 is 6.09 Å². The maximum Gasteiger partial charge on any atom is 0.404 e. The summed E-state index contributed by atoms with van der Waals surface area (Å²) in [6, 6.07) is 0.456. The van der Waals surface area contributed by atoms with Crippen LogP contribution in [0, 0.1) is 0 Å². The van der Waals surface area contributed by atoms with Gasteiger partial charge in [-0.05, 0) is 39.3 Å². The predicted molar refractivity (Wildman–Crippen MR) is 55.9 cm³/mol. The normalized spacial score (nSPS) is 12.4. The van der Waals surface area contributed by atoms with Gasteiger partial charge in [0.05, 0.1) is 6.61 Å². The summed E-state index contributed by atoms with van der Waals surface area (Å²) in [6.45, 7) is 4.14. The quantitative estimate of drug-likeness (QED) is 0.491. The molecule has 14 heavy (non-hydrogen) atoms. The molecule has 1 amide bonds. The molecule has 0 aliphatic heterocycles. The van der Waals surface area contributed by atoms with Crippen molar-refractivity contribution < 1.29 is 9.53 Å². The van der Waals surface area contributed by atoms with Crippen molar-refractivity contribution in [2.24, 2.45) is 11.5 Å². The van der Waals surface area contributed by atoms with Crippen molar-refractivity contribution in [2.75, 3.05) is 19.7 Å². The van der Waals surface area contributed by atoms with Gasteiger partial charge >= 0.3 is 6.09 Å². The molecule has 0 aliphatic rings. The molecule has 0 saturated carbocycles. The number of carbonyl (C=O) groups is 1. The van der Waals surface area contributed by atoms with Gasteiger partial charge in [0, 0.05) is 6.04 Å². The monoisotopic (exact) mass is 203 g/mol. The number of nitrogens with one attached hydrogen (secondary N) is 1. The Hall–Kier alpha value is -0.810. The number of hydrogen-bond acceptors (Lipinski definition) is 4. The van der Waals surface area contributed by atoms with E-state index in [2.05, 4.69) is 17.0 Å². The Bertz CT molecular complexity index is 153. The van der Waals surface area contributed by atoms with Crippen molar-refractivity contribution in [3.63, 3.8) is 0 Å². The number of carbonyl (C=O) groups excluding carboxylic acids is 1. The number of unbranched alkanes of at least 4 members (excludes halogenated alkanes) is 1. The van der Waals surface area contributed by atoms with E-state index in [9.17, 15) is 4.79 Å². The molecule has 5 nitrogen and oxygen atoms in total. The van der Waals surface area contributed by atoms with E-state index in [0.29, 0.717) is 19.2 Å². The van der Waals surface area contributed by atoms with Crippen LogP contribution in [0.4, 0.5) is 4.79 Å². The SMILES string of the molecule is CC(CCN)NCCCCOC(N)=O. The van der Waals surface area contributed by atoms with Crippen LogP contribution in [0.2, 0.25) is 0 Å². The second kappa shape index (κ2) is 8.77. The number of hydrogen-bond donors (Lipinski definition) is 3. The Kier molecular flexibility index (Phi) is 8.27. The van der Waals surface area contributed by atoms with Crippen molar-refractivity contribution in [3.8, 4) is 0 Å². The van der Waals surface area contributed by atoms with Gasteiger partial charge in [-0.1, -0.05) is 0 Å². The van der Waals surface area contributed by atoms with Crippen LogP contribution in [-0.4, -0.2) is 31.8 Å². The second-order valence-corrected chi connectivity index (χ2v) is 3.31. The van der Waals surface area contributed by atoms with Crippen molar-refractivity contribution in [3.05, 3.63) is 0 Å². The molecule has 0 saturated heterocycles. The lowest BCUT2D eigenvalue weighted by molar-refractivity contribution is 0.154. The fraction of sp³-hybridized carbons (Fsp3) is 0.889. The summed E-state index contributed by atoms with van der Waals surface area (Å²) in [6.07, 6.45) is 2.10. The Morgan fingerprint density at radius 1 is 1.50 bits per heavy atom. The zero-order valence-corrected chi connectivity index (χ0v) is 8.79. The largest absolute Gasteiger partial charge is 0.450 e. The molecule has 5 heteroatoms. The molecule has 1 unspecified atom stereocenters. The summed E-state index contributed by atoms with van der Waals surface area (Å²) >= 11 is 0. The molecular formula is C9H21N3O2. The Morgan fingerprint density at radius 2 is 2.21 bits per heavy atom. The number of rotatable bonds is 8. The van der Waals surface area contributed by atoms with Crippen LogP contribution in [0.15, 0.2) is 0 Å². The first kappa shape index (κ1) is 13.2. The molecule has 0 aromatic carbocycles. The van der Waals surface area contributed by atoms with E-state index in [1.165, 1.54) is 0 Å². The third kappa shape index (κ3) is 9.28. The summed E-state index contributed by atoms with van der Waals surface area (Å²) in [7, 11) is 0. The van der Waals surface area contributed by atoms with Gasteiger partial charge in [0.25, 0.3) is 0 Å². The van der Waals surface area contributed by atoms with Gasteiger partial charge in [-0.15, -0.1) is 0 Å². The molecule has 0 rings (SSSR count). The van der Waals surface area contributed by atoms with Crippen LogP contribution in [-0.2, 0) is 4.74 Å². The van der Waals surface area contributed by atoms with Crippen molar-refractivity contribution in [1.82, 2.24) is 5.32 Å². The third-order valence-electron chi connectivity index (χ3n) is 1.91. The van der Waals surface area contributed by atoms with E-state index in [1.54, 1.807) is 0 Å². The van der Waals surface area contributed by atoms with Crippen LogP contribution in [0.5, 0.6) is 0 Å². The maximum atomic E-state index is 10.2. The molecule has 5 N–H and O–H groups in total. The number of ether oxygens (including phenoxy) is 1. The molecule has 0 aromatic rings. The summed E-state index contributed by atoms with van der Waals surface area (Å²) in [5.41, 5.74) is 10.2. The number of amides is 1. The molecule has 0 aliphatic carbocycles. The minimum atomic E-state index is -0.700. The summed E-state index contributed by atoms with van der Waals surface area (Å²) in [5, 5.41) is 3.32. The maximum absolute atomic E-state index is 10.2. The van der Waals surface area contributed by atoms with Gasteiger partial charge in [-0.3, -0.25) is 0 Å². The van der Waals surface area contributed by atoms with E-state index in [4.69, 9.17) is 11.5 Å². The Balaban J connectivity index is 3.09. The van der Waals surface area contributed by atoms with E-state index in [-0.39, 0.29) is 0 Å². The van der Waals surface area contributed by atoms with Crippen LogP contribution in [0.25, 0.3) is 0 Å². The van der Waals surface area contributed by atoms with Gasteiger partial charge in [-0.25, -0.2) is 4.79 Å². The predicted octanol–water partition coefficient (Wildman–Crippen LogP) is 0.189. The smallest absolute Gasteiger partial charge is 0.404 e. The lowest BCUT2D eigenvalue weighted by Gasteiger charge is -2.11. The first-order valence-electron chi connectivity index (χ1n) is 5.02. The minimum absolute atomic E-state index is 0.405. The molecule has 0 spiro atoms. The van der Waals surface area contributed by atoms with E-state index >= 15 is 0 Å². The van der Waals surface area contributed by atoms with E-state index in [0.717, 1.165) is 25.8 Å². The standard InChI is InChI=1S/C9H21N3O2/c1-8(4-5-10)12-6-2-3-7-14-9(11)13/h8,12H,2-7,10H2,1H3,(H2,11,13). The van der Waals surface area contributed by atoms with E-state index < -0.39 is 6.09 Å². The Labute approximate surface area is 85.2 Å². The van der Waals surface area contributed by atoms with Crippen molar-refractivity contribution in [2.45, 2.75) is 32.2 Å². The topological polar surface area (TPSA) is 90.4 Å². The highest BCUT2D eigenvalue weighted by Crippen LogP contribution is 1.91. The molecule has 0 heterocycles. The molecule has 84 valence electrons. The van der Waals surface area contributed by atoms with Gasteiger partial charge in [0.2, 0.25) is 0 Å². The van der Waals surface area contributed by atoms with Gasteiger partial charge < -0.3 is 21.5 Å². The van der Waals surface area contributed by atoms with Crippen LogP contribution >= 0.6 is 0 Å². The molecule has 0 aromatic heterocycles. The number of nitrogens with two attached hydrogens (primary N) is 2. The van der Waals surface area contributed by atoms with Gasteiger partial charge in [-0.2, -0.15) is 0 Å². The van der Waals surface area contributed by atoms with Crippen LogP contribution in [0.3, 0.4) is 0 Å². The molecule has 1 atom stereocenters. The zero-order valence-electron chi connectivity index (χ0n) is 8.79. The van der Waals surface area contributed by atoms with E-state index in [1.807, 2.05) is 0 Å². The Morgan fingerprint density at radius 3 is 2.79 bits per heavy atom. The van der Waals surface area contributed by atoms with Crippen molar-refractivity contribution in [1.29, 1.82) is 0 Å². The second-order valence-electron chi connectivity index (χ2n) is 3.31. The molecule has 0 fully saturated rings. The minimum Gasteiger partial charge on any atom is -0.450 e. The molecule has 0 bridgehead atoms. The molecular weight excluding hydrogens is 182 g/mol. The van der Waals surface area contributed by atoms with Crippen LogP contribution < -0.4 is 16.8 Å². The highest BCUT2D eigenvalue weighted by Gasteiger charge is 1.98. The lowest BCUT2D eigenvalue weighted by Crippen LogP contribution is -2.29. The lowest BCUT2D eigenvalue weighted by atomic mass is 10.2. The average Bonchev–Trinajstić information content (AvgIpc) is 2.11. The van der Waals surface area contributed by atoms with Gasteiger partial charge in [0.15, 0.2) is 0 Å². The highest BCUT2D eigenvalue weighted by molar-refractivity contribution is 5.64. The summed E-state index contributed by atoms with van der Waals surface area (Å²) < 4.78 is 4.59.